The van der Waals surface area contributed by atoms with Crippen molar-refractivity contribution in [1.29, 1.82) is 0 Å². The lowest BCUT2D eigenvalue weighted by atomic mass is 10.0. The van der Waals surface area contributed by atoms with Crippen LogP contribution in [0.5, 0.6) is 5.75 Å². The first kappa shape index (κ1) is 13.9. The van der Waals surface area contributed by atoms with Crippen LogP contribution in [0.2, 0.25) is 0 Å². The standard InChI is InChI=1S/C15H22N2O2/c1-11(2)12-5-3-4-6-13(12)19-10-9-17-14(18)15(16)7-8-15/h3-6,11H,7-10,16H2,1-2H3,(H,17,18). The van der Waals surface area contributed by atoms with Crippen LogP contribution in [0, 0.1) is 0 Å². The van der Waals surface area contributed by atoms with Crippen LogP contribution in [0.1, 0.15) is 38.2 Å². The number of rotatable bonds is 6. The highest BCUT2D eigenvalue weighted by Gasteiger charge is 2.45. The molecule has 0 unspecified atom stereocenters. The van der Waals surface area contributed by atoms with E-state index in [-0.39, 0.29) is 5.91 Å². The van der Waals surface area contributed by atoms with E-state index in [4.69, 9.17) is 10.5 Å². The van der Waals surface area contributed by atoms with Crippen LogP contribution in [-0.4, -0.2) is 24.6 Å². The summed E-state index contributed by atoms with van der Waals surface area (Å²) >= 11 is 0. The minimum absolute atomic E-state index is 0.0618. The molecule has 1 aromatic rings. The van der Waals surface area contributed by atoms with E-state index in [1.165, 1.54) is 5.56 Å². The number of hydrogen-bond donors (Lipinski definition) is 2. The molecule has 4 nitrogen and oxygen atoms in total. The van der Waals surface area contributed by atoms with Crippen molar-refractivity contribution in [2.24, 2.45) is 5.73 Å². The molecule has 3 N–H and O–H groups in total. The minimum atomic E-state index is -0.601. The van der Waals surface area contributed by atoms with Crippen LogP contribution in [0.4, 0.5) is 0 Å². The van der Waals surface area contributed by atoms with Gasteiger partial charge in [-0.2, -0.15) is 0 Å². The van der Waals surface area contributed by atoms with Gasteiger partial charge in [0.25, 0.3) is 0 Å². The molecule has 0 saturated heterocycles. The topological polar surface area (TPSA) is 64.3 Å². The van der Waals surface area contributed by atoms with Crippen LogP contribution >= 0.6 is 0 Å². The first-order valence-electron chi connectivity index (χ1n) is 6.82. The van der Waals surface area contributed by atoms with Crippen LogP contribution in [0.25, 0.3) is 0 Å². The minimum Gasteiger partial charge on any atom is -0.491 e. The van der Waals surface area contributed by atoms with Gasteiger partial charge in [-0.3, -0.25) is 4.79 Å². The Balaban J connectivity index is 1.78. The lowest BCUT2D eigenvalue weighted by Crippen LogP contribution is -2.44. The molecule has 0 bridgehead atoms. The van der Waals surface area contributed by atoms with E-state index in [9.17, 15) is 4.79 Å². The zero-order valence-corrected chi connectivity index (χ0v) is 11.6. The third kappa shape index (κ3) is 3.47. The Hall–Kier alpha value is -1.55. The summed E-state index contributed by atoms with van der Waals surface area (Å²) in [5, 5.41) is 2.82. The van der Waals surface area contributed by atoms with Gasteiger partial charge in [-0.1, -0.05) is 32.0 Å². The molecule has 0 atom stereocenters. The lowest BCUT2D eigenvalue weighted by Gasteiger charge is -2.15. The second-order valence-corrected chi connectivity index (χ2v) is 5.45. The zero-order chi connectivity index (χ0) is 13.9. The summed E-state index contributed by atoms with van der Waals surface area (Å²) in [6.45, 7) is 5.22. The summed E-state index contributed by atoms with van der Waals surface area (Å²) in [6, 6.07) is 7.99. The van der Waals surface area contributed by atoms with Gasteiger partial charge < -0.3 is 15.8 Å². The van der Waals surface area contributed by atoms with Crippen molar-refractivity contribution in [2.45, 2.75) is 38.1 Å². The largest absolute Gasteiger partial charge is 0.491 e. The Bertz CT molecular complexity index is 453. The van der Waals surface area contributed by atoms with E-state index in [1.807, 2.05) is 18.2 Å². The normalized spacial score (nSPS) is 16.2. The number of nitrogens with two attached hydrogens (primary N) is 1. The second kappa shape index (κ2) is 5.61. The van der Waals surface area contributed by atoms with Gasteiger partial charge in [0, 0.05) is 0 Å². The molecule has 1 aliphatic rings. The fraction of sp³-hybridized carbons (Fsp3) is 0.533. The van der Waals surface area contributed by atoms with Crippen LogP contribution in [-0.2, 0) is 4.79 Å². The maximum atomic E-state index is 11.6. The first-order valence-corrected chi connectivity index (χ1v) is 6.82. The summed E-state index contributed by atoms with van der Waals surface area (Å²) < 4.78 is 5.73. The Labute approximate surface area is 114 Å². The average molecular weight is 262 g/mol. The van der Waals surface area contributed by atoms with Crippen molar-refractivity contribution in [3.63, 3.8) is 0 Å². The Kier molecular flexibility index (Phi) is 4.10. The maximum Gasteiger partial charge on any atom is 0.240 e. The van der Waals surface area contributed by atoms with E-state index >= 15 is 0 Å². The lowest BCUT2D eigenvalue weighted by molar-refractivity contribution is -0.123. The number of hydrogen-bond acceptors (Lipinski definition) is 3. The van der Waals surface area contributed by atoms with E-state index in [0.717, 1.165) is 18.6 Å². The molecule has 1 aromatic carbocycles. The molecule has 1 saturated carbocycles. The highest BCUT2D eigenvalue weighted by Crippen LogP contribution is 2.32. The SMILES string of the molecule is CC(C)c1ccccc1OCCNC(=O)C1(N)CC1. The Morgan fingerprint density at radius 2 is 2.11 bits per heavy atom. The molecule has 4 heteroatoms. The molecule has 0 heterocycles. The van der Waals surface area contributed by atoms with Crippen LogP contribution < -0.4 is 15.8 Å². The van der Waals surface area contributed by atoms with Gasteiger partial charge in [0.2, 0.25) is 5.91 Å². The van der Waals surface area contributed by atoms with Crippen molar-refractivity contribution in [3.8, 4) is 5.75 Å². The summed E-state index contributed by atoms with van der Waals surface area (Å²) in [5.74, 6) is 1.25. The molecule has 1 amide bonds. The smallest absolute Gasteiger partial charge is 0.240 e. The van der Waals surface area contributed by atoms with Crippen molar-refractivity contribution in [1.82, 2.24) is 5.32 Å². The number of ether oxygens (including phenoxy) is 1. The number of amides is 1. The third-order valence-electron chi connectivity index (χ3n) is 3.43. The van der Waals surface area contributed by atoms with Gasteiger partial charge in [-0.25, -0.2) is 0 Å². The summed E-state index contributed by atoms with van der Waals surface area (Å²) in [5.41, 5.74) is 6.38. The van der Waals surface area contributed by atoms with Crippen molar-refractivity contribution >= 4 is 5.91 Å². The maximum absolute atomic E-state index is 11.6. The molecule has 0 spiro atoms. The van der Waals surface area contributed by atoms with Crippen LogP contribution in [0.15, 0.2) is 24.3 Å². The average Bonchev–Trinajstić information content (AvgIpc) is 3.14. The monoisotopic (exact) mass is 262 g/mol. The van der Waals surface area contributed by atoms with Gasteiger partial charge >= 0.3 is 0 Å². The molecule has 1 aliphatic carbocycles. The Morgan fingerprint density at radius 3 is 2.74 bits per heavy atom. The zero-order valence-electron chi connectivity index (χ0n) is 11.6. The molecule has 0 aromatic heterocycles. The molecule has 1 fully saturated rings. The Morgan fingerprint density at radius 1 is 1.42 bits per heavy atom. The quantitative estimate of drug-likeness (QED) is 0.768. The van der Waals surface area contributed by atoms with Gasteiger partial charge in [0.15, 0.2) is 0 Å². The highest BCUT2D eigenvalue weighted by atomic mass is 16.5. The third-order valence-corrected chi connectivity index (χ3v) is 3.43. The highest BCUT2D eigenvalue weighted by molar-refractivity contribution is 5.88. The summed E-state index contributed by atoms with van der Waals surface area (Å²) in [7, 11) is 0. The van der Waals surface area contributed by atoms with Gasteiger partial charge in [0.05, 0.1) is 12.1 Å². The molecular formula is C15H22N2O2. The van der Waals surface area contributed by atoms with Crippen molar-refractivity contribution in [2.75, 3.05) is 13.2 Å². The van der Waals surface area contributed by atoms with Gasteiger partial charge in [0.1, 0.15) is 12.4 Å². The fourth-order valence-electron chi connectivity index (χ4n) is 1.95. The summed E-state index contributed by atoms with van der Waals surface area (Å²) in [4.78, 5) is 11.6. The van der Waals surface area contributed by atoms with Gasteiger partial charge in [-0.05, 0) is 30.4 Å². The van der Waals surface area contributed by atoms with E-state index < -0.39 is 5.54 Å². The van der Waals surface area contributed by atoms with E-state index in [0.29, 0.717) is 19.1 Å². The predicted molar refractivity (Wildman–Crippen MR) is 75.2 cm³/mol. The van der Waals surface area contributed by atoms with Crippen LogP contribution in [0.3, 0.4) is 0 Å². The van der Waals surface area contributed by atoms with Crippen molar-refractivity contribution in [3.05, 3.63) is 29.8 Å². The number of carbonyl (C=O) groups excluding carboxylic acids is 1. The van der Waals surface area contributed by atoms with E-state index in [1.54, 1.807) is 0 Å². The van der Waals surface area contributed by atoms with Crippen molar-refractivity contribution < 1.29 is 9.53 Å². The fourth-order valence-corrected chi connectivity index (χ4v) is 1.95. The first-order chi connectivity index (χ1) is 9.03. The predicted octanol–water partition coefficient (Wildman–Crippen LogP) is 1.80. The molecular weight excluding hydrogens is 240 g/mol. The molecule has 19 heavy (non-hydrogen) atoms. The van der Waals surface area contributed by atoms with Gasteiger partial charge in [-0.15, -0.1) is 0 Å². The second-order valence-electron chi connectivity index (χ2n) is 5.45. The summed E-state index contributed by atoms with van der Waals surface area (Å²) in [6.07, 6.45) is 1.58. The number of carbonyl (C=O) groups is 1. The molecule has 2 rings (SSSR count). The molecule has 104 valence electrons. The number of benzene rings is 1. The molecule has 0 aliphatic heterocycles. The molecule has 0 radical (unpaired) electrons. The number of nitrogens with one attached hydrogen (secondary N) is 1. The number of para-hydroxylation sites is 1. The van der Waals surface area contributed by atoms with E-state index in [2.05, 4.69) is 25.2 Å².